The van der Waals surface area contributed by atoms with E-state index in [9.17, 15) is 0 Å². The van der Waals surface area contributed by atoms with E-state index in [0.29, 0.717) is 0 Å². The molecule has 0 nitrogen and oxygen atoms in total. The molecule has 0 aromatic rings. The first-order chi connectivity index (χ1) is 0. The molecule has 0 aromatic carbocycles. The van der Waals surface area contributed by atoms with Crippen LogP contribution in [0.2, 0.25) is 0 Å². The van der Waals surface area contributed by atoms with Gasteiger partial charge in [0.1, 0.15) is 0 Å². The third-order valence-corrected chi connectivity index (χ3v) is 0. The topological polar surface area (TPSA) is 0 Å². The van der Waals surface area contributed by atoms with Gasteiger partial charge in [0.15, 0.2) is 0 Å². The quantitative estimate of drug-likeness (QED) is 0.302. The molecule has 0 aromatic heterocycles. The molecule has 0 saturated heterocycles. The smallest absolute Gasteiger partial charge is 1.00 e. The van der Waals surface area contributed by atoms with Crippen molar-refractivity contribution in [2.75, 3.05) is 0 Å². The molecular weight excluding hydrogens is 481 g/mol. The van der Waals surface area contributed by atoms with Crippen molar-refractivity contribution in [1.82, 2.24) is 0 Å². The molecule has 0 atom stereocenters. The molecule has 0 aliphatic carbocycles. The van der Waals surface area contributed by atoms with Gasteiger partial charge in [0.2, 0.25) is 0 Å². The molecule has 0 unspecified atom stereocenters. The van der Waals surface area contributed by atoms with Gasteiger partial charge in [-0.15, -0.1) is 0 Å². The van der Waals surface area contributed by atoms with Gasteiger partial charge in [0.05, 0.1) is 0 Å². The zero-order valence-electron chi connectivity index (χ0n) is 5.27. The fourth-order valence-electron chi connectivity index (χ4n) is 0. The normalized spacial score (nSPS) is 0. The van der Waals surface area contributed by atoms with E-state index in [-0.39, 0.29) is 181 Å². The van der Waals surface area contributed by atoms with Crippen LogP contribution in [0.3, 0.4) is 0 Å². The van der Waals surface area contributed by atoms with Gasteiger partial charge >= 0.3 is 56.4 Å². The molecule has 1 radical (unpaired) electrons. The summed E-state index contributed by atoms with van der Waals surface area (Å²) in [6, 6.07) is 0. The molecule has 0 rings (SSSR count). The van der Waals surface area contributed by atoms with Crippen LogP contribution in [0.25, 0.3) is 0 Å². The van der Waals surface area contributed by atoms with Crippen molar-refractivity contribution in [3.8, 4) is 0 Å². The van der Waals surface area contributed by atoms with E-state index in [2.05, 4.69) is 0 Å². The van der Waals surface area contributed by atoms with Crippen LogP contribution in [-0.4, -0.2) is 17.4 Å². The van der Waals surface area contributed by atoms with E-state index in [1.165, 1.54) is 0 Å². The van der Waals surface area contributed by atoms with Crippen molar-refractivity contribution in [3.63, 3.8) is 0 Å². The predicted octanol–water partition coefficient (Wildman–Crippen LogP) is -30.3. The van der Waals surface area contributed by atoms with Crippen molar-refractivity contribution in [1.29, 1.82) is 0 Å². The zero-order valence-corrected chi connectivity index (χ0v) is 16.8. The van der Waals surface area contributed by atoms with Crippen LogP contribution in [0.4, 0.5) is 0 Å². The summed E-state index contributed by atoms with van der Waals surface area (Å²) >= 11 is 0. The Morgan fingerprint density at radius 3 is 0.308 bits per heavy atom. The van der Waals surface area contributed by atoms with Crippen LogP contribution in [0, 0.1) is 0 Å². The second-order valence-electron chi connectivity index (χ2n) is 0. The number of hydrogen-bond donors (Lipinski definition) is 0. The Morgan fingerprint density at radius 1 is 0.308 bits per heavy atom. The largest absolute Gasteiger partial charge is 4.00 e. The summed E-state index contributed by atoms with van der Waals surface area (Å²) in [5.41, 5.74) is 0. The summed E-state index contributed by atoms with van der Waals surface area (Å²) in [4.78, 5) is 0. The standard InChI is InChI=1S/Al.10ClH.Cr.Ti/h;10*1H;;/q+3;;;;;;;;;;;+3;+4/p-10. The van der Waals surface area contributed by atoms with Crippen LogP contribution in [0.1, 0.15) is 0 Å². The SMILES string of the molecule is [Al+3].[Cl-].[Cl-].[Cl-].[Cl-].[Cl-].[Cl-].[Cl-].[Cl-].[Cl-].[Cl-].[Cr+3].[Ti+4]. The fourth-order valence-corrected chi connectivity index (χ4v) is 0. The Hall–Kier alpha value is 4.68. The van der Waals surface area contributed by atoms with Gasteiger partial charge in [0.25, 0.3) is 0 Å². The molecule has 0 N–H and O–H groups in total. The third kappa shape index (κ3) is 164. The predicted molar refractivity (Wildman–Crippen MR) is 5.75 cm³/mol. The van der Waals surface area contributed by atoms with Gasteiger partial charge in [-0.3, -0.25) is 0 Å². The average molecular weight is 481 g/mol. The van der Waals surface area contributed by atoms with Gasteiger partial charge in [-0.1, -0.05) is 0 Å². The minimum Gasteiger partial charge on any atom is -1.00 e. The van der Waals surface area contributed by atoms with Crippen molar-refractivity contribution in [2.24, 2.45) is 0 Å². The molecule has 0 heterocycles. The first-order valence-corrected chi connectivity index (χ1v) is 0. The second-order valence-corrected chi connectivity index (χ2v) is 0. The van der Waals surface area contributed by atoms with Crippen LogP contribution in [0.15, 0.2) is 0 Å². The van der Waals surface area contributed by atoms with E-state index in [1.807, 2.05) is 0 Å². The third-order valence-electron chi connectivity index (χ3n) is 0. The zero-order chi connectivity index (χ0) is 0. The minimum absolute atomic E-state index is 0. The first-order valence-electron chi connectivity index (χ1n) is 0. The van der Waals surface area contributed by atoms with Crippen molar-refractivity contribution < 1.29 is 163 Å². The van der Waals surface area contributed by atoms with E-state index >= 15 is 0 Å². The van der Waals surface area contributed by atoms with E-state index < -0.39 is 0 Å². The number of halogens is 10. The maximum Gasteiger partial charge on any atom is 4.00 e. The number of hydrogen-bond acceptors (Lipinski definition) is 0. The van der Waals surface area contributed by atoms with Gasteiger partial charge in [0, 0.05) is 0 Å². The van der Waals surface area contributed by atoms with Gasteiger partial charge in [-0.2, -0.15) is 0 Å². The Labute approximate surface area is 178 Å². The first kappa shape index (κ1) is 225. The van der Waals surface area contributed by atoms with Crippen molar-refractivity contribution in [2.45, 2.75) is 0 Å². The van der Waals surface area contributed by atoms with Gasteiger partial charge in [-0.05, 0) is 0 Å². The van der Waals surface area contributed by atoms with Gasteiger partial charge < -0.3 is 124 Å². The van der Waals surface area contributed by atoms with E-state index in [0.717, 1.165) is 0 Å². The molecule has 0 saturated carbocycles. The summed E-state index contributed by atoms with van der Waals surface area (Å²) < 4.78 is 0. The summed E-state index contributed by atoms with van der Waals surface area (Å²) in [5, 5.41) is 0. The fraction of sp³-hybridized carbons (Fsp3) is 0. The van der Waals surface area contributed by atoms with Crippen LogP contribution in [0.5, 0.6) is 0 Å². The Kier molecular flexibility index (Phi) is 3240. The molecule has 0 bridgehead atoms. The average Bonchev–Trinajstić information content (AvgIpc) is 0. The Bertz CT molecular complexity index is 14.9. The van der Waals surface area contributed by atoms with Crippen LogP contribution < -0.4 is 124 Å². The summed E-state index contributed by atoms with van der Waals surface area (Å²) in [5.74, 6) is 0. The molecule has 13 heavy (non-hydrogen) atoms. The number of rotatable bonds is 0. The molecule has 0 aliphatic heterocycles. The Balaban J connectivity index is 0. The molecule has 0 amide bonds. The van der Waals surface area contributed by atoms with Crippen LogP contribution in [-0.2, 0) is 39.1 Å². The van der Waals surface area contributed by atoms with Crippen LogP contribution >= 0.6 is 0 Å². The van der Waals surface area contributed by atoms with Crippen molar-refractivity contribution >= 4 is 17.4 Å². The maximum absolute atomic E-state index is 0. The Morgan fingerprint density at radius 2 is 0.308 bits per heavy atom. The summed E-state index contributed by atoms with van der Waals surface area (Å²) in [7, 11) is 0. The monoisotopic (exact) mass is 477 g/mol. The van der Waals surface area contributed by atoms with Gasteiger partial charge in [-0.25, -0.2) is 0 Å². The maximum atomic E-state index is 0. The van der Waals surface area contributed by atoms with E-state index in [1.54, 1.807) is 0 Å². The molecular formula is AlCl10CrTi. The van der Waals surface area contributed by atoms with Crippen molar-refractivity contribution in [3.05, 3.63) is 0 Å². The molecule has 13 heteroatoms. The second kappa shape index (κ2) is 187. The summed E-state index contributed by atoms with van der Waals surface area (Å²) in [6.07, 6.45) is 0. The molecule has 0 aliphatic rings. The molecule has 83 valence electrons. The summed E-state index contributed by atoms with van der Waals surface area (Å²) in [6.45, 7) is 0. The van der Waals surface area contributed by atoms with E-state index in [4.69, 9.17) is 0 Å². The molecule has 0 spiro atoms. The molecule has 0 fully saturated rings. The minimum atomic E-state index is 0.